The standard InChI is InChI=1S/C13H14BNO5/c16-7-15-13(5-1-2-6-13)9-3-4-10-12(20-8-19-10)11(9)14(17)18/h3-4,17-18H,1-2,5-6,8H2. The SMILES string of the molecule is O=C=NC1(c2ccc3c(c2B(O)O)OCO3)CCCC1. The number of aliphatic imine (C=N–C) groups is 1. The van der Waals surface area contributed by atoms with Crippen LogP contribution in [-0.2, 0) is 10.3 Å². The Morgan fingerprint density at radius 1 is 1.25 bits per heavy atom. The van der Waals surface area contributed by atoms with Gasteiger partial charge in [0.1, 0.15) is 0 Å². The van der Waals surface area contributed by atoms with Crippen LogP contribution in [0.5, 0.6) is 11.5 Å². The van der Waals surface area contributed by atoms with Gasteiger partial charge in [-0.3, -0.25) is 0 Å². The van der Waals surface area contributed by atoms with E-state index in [-0.39, 0.29) is 12.3 Å². The molecule has 1 aromatic carbocycles. The molecule has 104 valence electrons. The van der Waals surface area contributed by atoms with Crippen LogP contribution in [0.3, 0.4) is 0 Å². The summed E-state index contributed by atoms with van der Waals surface area (Å²) < 4.78 is 10.6. The molecule has 0 aromatic heterocycles. The number of carbonyl (C=O) groups excluding carboxylic acids is 1. The van der Waals surface area contributed by atoms with Crippen molar-refractivity contribution in [1.29, 1.82) is 0 Å². The van der Waals surface area contributed by atoms with E-state index in [2.05, 4.69) is 4.99 Å². The number of hydrogen-bond acceptors (Lipinski definition) is 6. The summed E-state index contributed by atoms with van der Waals surface area (Å²) in [6, 6.07) is 3.44. The van der Waals surface area contributed by atoms with Crippen molar-refractivity contribution in [3.8, 4) is 11.5 Å². The quantitative estimate of drug-likeness (QED) is 0.467. The summed E-state index contributed by atoms with van der Waals surface area (Å²) in [4.78, 5) is 14.8. The van der Waals surface area contributed by atoms with E-state index < -0.39 is 12.7 Å². The maximum atomic E-state index is 10.8. The molecule has 1 aliphatic carbocycles. The molecule has 3 rings (SSSR count). The van der Waals surface area contributed by atoms with E-state index in [1.165, 1.54) is 0 Å². The van der Waals surface area contributed by atoms with E-state index in [4.69, 9.17) is 9.47 Å². The minimum atomic E-state index is -1.71. The molecule has 1 heterocycles. The molecule has 2 N–H and O–H groups in total. The monoisotopic (exact) mass is 275 g/mol. The first-order chi connectivity index (χ1) is 9.68. The Hall–Kier alpha value is -1.82. The molecule has 0 unspecified atom stereocenters. The summed E-state index contributed by atoms with van der Waals surface area (Å²) in [5.74, 6) is 0.796. The predicted molar refractivity (Wildman–Crippen MR) is 70.7 cm³/mol. The van der Waals surface area contributed by atoms with Gasteiger partial charge in [-0.05, 0) is 24.5 Å². The van der Waals surface area contributed by atoms with Crippen LogP contribution in [0.4, 0.5) is 0 Å². The summed E-state index contributed by atoms with van der Waals surface area (Å²) in [6.07, 6.45) is 4.85. The molecule has 0 spiro atoms. The van der Waals surface area contributed by atoms with Crippen molar-refractivity contribution in [2.24, 2.45) is 4.99 Å². The Kier molecular flexibility index (Phi) is 3.26. The van der Waals surface area contributed by atoms with E-state index in [9.17, 15) is 14.8 Å². The summed E-state index contributed by atoms with van der Waals surface area (Å²) in [7, 11) is -1.71. The number of fused-ring (bicyclic) bond motifs is 1. The van der Waals surface area contributed by atoms with E-state index in [1.807, 2.05) is 0 Å². The zero-order valence-corrected chi connectivity index (χ0v) is 10.8. The molecule has 0 radical (unpaired) electrons. The second-order valence-electron chi connectivity index (χ2n) is 5.08. The van der Waals surface area contributed by atoms with Crippen LogP contribution in [0, 0.1) is 0 Å². The van der Waals surface area contributed by atoms with Gasteiger partial charge in [-0.1, -0.05) is 18.9 Å². The minimum absolute atomic E-state index is 0.0441. The summed E-state index contributed by atoms with van der Waals surface area (Å²) in [5, 5.41) is 19.4. The van der Waals surface area contributed by atoms with Crippen molar-refractivity contribution >= 4 is 18.7 Å². The van der Waals surface area contributed by atoms with Crippen molar-refractivity contribution in [3.05, 3.63) is 17.7 Å². The first-order valence-electron chi connectivity index (χ1n) is 6.56. The average Bonchev–Trinajstić information content (AvgIpc) is 3.06. The molecule has 1 saturated carbocycles. The van der Waals surface area contributed by atoms with Crippen molar-refractivity contribution in [2.45, 2.75) is 31.2 Å². The third-order valence-electron chi connectivity index (χ3n) is 4.03. The number of rotatable bonds is 3. The van der Waals surface area contributed by atoms with Crippen LogP contribution in [0.1, 0.15) is 31.2 Å². The van der Waals surface area contributed by atoms with Gasteiger partial charge in [0.05, 0.1) is 5.54 Å². The van der Waals surface area contributed by atoms with Crippen molar-refractivity contribution in [1.82, 2.24) is 0 Å². The number of hydrogen-bond donors (Lipinski definition) is 2. The number of benzene rings is 1. The fourth-order valence-corrected chi connectivity index (χ4v) is 3.14. The molecule has 1 aromatic rings. The fourth-order valence-electron chi connectivity index (χ4n) is 3.14. The predicted octanol–water partition coefficient (Wildman–Crippen LogP) is 0.200. The van der Waals surface area contributed by atoms with Crippen LogP contribution in [0.2, 0.25) is 0 Å². The lowest BCUT2D eigenvalue weighted by atomic mass is 9.70. The fraction of sp³-hybridized carbons (Fsp3) is 0.462. The van der Waals surface area contributed by atoms with Gasteiger partial charge in [0.25, 0.3) is 0 Å². The highest BCUT2D eigenvalue weighted by Crippen LogP contribution is 2.44. The van der Waals surface area contributed by atoms with Crippen LogP contribution >= 0.6 is 0 Å². The molecule has 0 saturated heterocycles. The van der Waals surface area contributed by atoms with E-state index in [1.54, 1.807) is 18.2 Å². The smallest absolute Gasteiger partial charge is 0.454 e. The summed E-state index contributed by atoms with van der Waals surface area (Å²) >= 11 is 0. The molecule has 6 nitrogen and oxygen atoms in total. The Labute approximate surface area is 116 Å². The molecule has 7 heteroatoms. The molecule has 0 amide bonds. The Morgan fingerprint density at radius 2 is 2.00 bits per heavy atom. The number of nitrogens with zero attached hydrogens (tertiary/aromatic N) is 1. The van der Waals surface area contributed by atoms with Gasteiger partial charge in [-0.25, -0.2) is 4.79 Å². The second-order valence-corrected chi connectivity index (χ2v) is 5.08. The van der Waals surface area contributed by atoms with Gasteiger partial charge >= 0.3 is 7.12 Å². The van der Waals surface area contributed by atoms with E-state index in [0.717, 1.165) is 12.8 Å². The molecule has 1 fully saturated rings. The first-order valence-corrected chi connectivity index (χ1v) is 6.56. The van der Waals surface area contributed by atoms with Crippen LogP contribution in [0.15, 0.2) is 17.1 Å². The minimum Gasteiger partial charge on any atom is -0.454 e. The maximum absolute atomic E-state index is 10.8. The Balaban J connectivity index is 2.20. The van der Waals surface area contributed by atoms with Crippen molar-refractivity contribution in [3.63, 3.8) is 0 Å². The molecule has 0 bridgehead atoms. The Bertz CT molecular complexity index is 576. The van der Waals surface area contributed by atoms with E-state index >= 15 is 0 Å². The van der Waals surface area contributed by atoms with Crippen molar-refractivity contribution in [2.75, 3.05) is 6.79 Å². The van der Waals surface area contributed by atoms with Gasteiger partial charge in [-0.2, -0.15) is 4.99 Å². The lowest BCUT2D eigenvalue weighted by Crippen LogP contribution is -2.39. The van der Waals surface area contributed by atoms with Crippen LogP contribution < -0.4 is 14.9 Å². The van der Waals surface area contributed by atoms with Gasteiger partial charge in [0.2, 0.25) is 12.9 Å². The highest BCUT2D eigenvalue weighted by Gasteiger charge is 2.41. The molecule has 1 aliphatic heterocycles. The molecule has 0 atom stereocenters. The summed E-state index contributed by atoms with van der Waals surface area (Å²) in [6.45, 7) is 0.0441. The topological polar surface area (TPSA) is 88.4 Å². The van der Waals surface area contributed by atoms with Gasteiger partial charge in [0, 0.05) is 5.46 Å². The average molecular weight is 275 g/mol. The second kappa shape index (κ2) is 4.94. The maximum Gasteiger partial charge on any atom is 0.492 e. The molecule has 2 aliphatic rings. The largest absolute Gasteiger partial charge is 0.492 e. The zero-order chi connectivity index (χ0) is 14.2. The summed E-state index contributed by atoms with van der Waals surface area (Å²) in [5.41, 5.74) is 0.111. The van der Waals surface area contributed by atoms with Gasteiger partial charge < -0.3 is 19.5 Å². The molecular formula is C13H14BNO5. The zero-order valence-electron chi connectivity index (χ0n) is 10.8. The highest BCUT2D eigenvalue weighted by atomic mass is 16.7. The third-order valence-corrected chi connectivity index (χ3v) is 4.03. The van der Waals surface area contributed by atoms with Gasteiger partial charge in [-0.15, -0.1) is 0 Å². The van der Waals surface area contributed by atoms with Crippen molar-refractivity contribution < 1.29 is 24.3 Å². The number of isocyanates is 1. The van der Waals surface area contributed by atoms with Gasteiger partial charge in [0.15, 0.2) is 11.5 Å². The van der Waals surface area contributed by atoms with Crippen LogP contribution in [-0.4, -0.2) is 30.0 Å². The number of ether oxygens (including phenoxy) is 2. The molecular weight excluding hydrogens is 261 g/mol. The lowest BCUT2D eigenvalue weighted by molar-refractivity contribution is 0.174. The Morgan fingerprint density at radius 3 is 2.65 bits per heavy atom. The van der Waals surface area contributed by atoms with Crippen LogP contribution in [0.25, 0.3) is 0 Å². The first kappa shape index (κ1) is 13.2. The molecule has 20 heavy (non-hydrogen) atoms. The normalized spacial score (nSPS) is 18.7. The van der Waals surface area contributed by atoms with E-state index in [0.29, 0.717) is 29.9 Å². The third kappa shape index (κ3) is 1.91. The highest BCUT2D eigenvalue weighted by molar-refractivity contribution is 6.60. The lowest BCUT2D eigenvalue weighted by Gasteiger charge is -2.26.